The van der Waals surface area contributed by atoms with Gasteiger partial charge in [-0.25, -0.2) is 0 Å². The molecule has 0 aliphatic rings. The van der Waals surface area contributed by atoms with Gasteiger partial charge in [-0.05, 0) is 18.6 Å². The lowest BCUT2D eigenvalue weighted by molar-refractivity contribution is -0.308. The summed E-state index contributed by atoms with van der Waals surface area (Å²) in [5.41, 5.74) is 0. The van der Waals surface area contributed by atoms with Crippen molar-refractivity contribution in [1.29, 1.82) is 0 Å². The molecule has 0 saturated heterocycles. The molecule has 25 heavy (non-hydrogen) atoms. The lowest BCUT2D eigenvalue weighted by Gasteiger charge is -2.18. The topological polar surface area (TPSA) is 69.2 Å². The number of aliphatic carboxylic acids is 1. The van der Waals surface area contributed by atoms with Gasteiger partial charge < -0.3 is 15.2 Å². The number of thiol groups is 1. The second-order valence-electron chi connectivity index (χ2n) is 6.94. The molecule has 0 aromatic heterocycles. The van der Waals surface area contributed by atoms with Crippen LogP contribution in [0.1, 0.15) is 103 Å². The summed E-state index contributed by atoms with van der Waals surface area (Å²) in [4.78, 5) is 22.6. The maximum Gasteiger partial charge on any atom is 0.220 e. The molecule has 5 heteroatoms. The van der Waals surface area contributed by atoms with Crippen molar-refractivity contribution < 1.29 is 14.7 Å². The predicted octanol–water partition coefficient (Wildman–Crippen LogP) is 4.02. The maximum absolute atomic E-state index is 11.7. The molecule has 0 rings (SSSR count). The molecular weight excluding hydrogens is 334 g/mol. The second kappa shape index (κ2) is 18.1. The van der Waals surface area contributed by atoms with E-state index in [1.807, 2.05) is 0 Å². The van der Waals surface area contributed by atoms with E-state index < -0.39 is 12.0 Å². The first-order valence-corrected chi connectivity index (χ1v) is 10.9. The molecule has 0 aromatic carbocycles. The summed E-state index contributed by atoms with van der Waals surface area (Å²) in [6.07, 6.45) is 17.1. The molecule has 1 unspecified atom stereocenters. The minimum absolute atomic E-state index is 0.195. The Labute approximate surface area is 159 Å². The molecule has 0 radical (unpaired) electrons. The van der Waals surface area contributed by atoms with Crippen LogP contribution in [0.25, 0.3) is 0 Å². The van der Waals surface area contributed by atoms with Gasteiger partial charge in [0.25, 0.3) is 0 Å². The lowest BCUT2D eigenvalue weighted by Crippen LogP contribution is -2.48. The Bertz CT molecular complexity index is 337. The van der Waals surface area contributed by atoms with Gasteiger partial charge in [0.05, 0.1) is 12.0 Å². The van der Waals surface area contributed by atoms with Crippen LogP contribution in [-0.2, 0) is 9.59 Å². The van der Waals surface area contributed by atoms with Gasteiger partial charge in [-0.1, -0.05) is 84.0 Å². The number of rotatable bonds is 18. The van der Waals surface area contributed by atoms with Crippen LogP contribution >= 0.6 is 12.6 Å². The van der Waals surface area contributed by atoms with Gasteiger partial charge in [0.2, 0.25) is 5.91 Å². The number of hydrogen-bond donors (Lipinski definition) is 2. The van der Waals surface area contributed by atoms with E-state index in [1.165, 1.54) is 64.2 Å². The largest absolute Gasteiger partial charge is 0.548 e. The third-order valence-corrected chi connectivity index (χ3v) is 4.80. The SMILES string of the molecule is CCCCCCCCCCCCCCCC(=O)NC(CCS)C(=O)[O-]. The van der Waals surface area contributed by atoms with Gasteiger partial charge in [-0.15, -0.1) is 0 Å². The molecule has 1 atom stereocenters. The van der Waals surface area contributed by atoms with E-state index in [4.69, 9.17) is 0 Å². The fourth-order valence-electron chi connectivity index (χ4n) is 2.95. The van der Waals surface area contributed by atoms with Crippen LogP contribution in [0, 0.1) is 0 Å². The fourth-order valence-corrected chi connectivity index (χ4v) is 3.21. The highest BCUT2D eigenvalue weighted by Gasteiger charge is 2.12. The van der Waals surface area contributed by atoms with Crippen molar-refractivity contribution >= 4 is 24.5 Å². The quantitative estimate of drug-likeness (QED) is 0.282. The number of hydrogen-bond acceptors (Lipinski definition) is 4. The molecular formula is C20H38NO3S-. The highest BCUT2D eigenvalue weighted by atomic mass is 32.1. The van der Waals surface area contributed by atoms with Crippen LogP contribution in [-0.4, -0.2) is 23.7 Å². The van der Waals surface area contributed by atoms with Crippen molar-refractivity contribution in [2.45, 2.75) is 109 Å². The van der Waals surface area contributed by atoms with E-state index in [0.717, 1.165) is 19.3 Å². The Kier molecular flexibility index (Phi) is 17.6. The minimum atomic E-state index is -1.23. The van der Waals surface area contributed by atoms with Crippen molar-refractivity contribution in [2.24, 2.45) is 0 Å². The van der Waals surface area contributed by atoms with E-state index in [2.05, 4.69) is 24.9 Å². The van der Waals surface area contributed by atoms with Crippen LogP contribution in [0.2, 0.25) is 0 Å². The molecule has 0 heterocycles. The first-order valence-electron chi connectivity index (χ1n) is 10.2. The normalized spacial score (nSPS) is 12.1. The van der Waals surface area contributed by atoms with Gasteiger partial charge in [0.15, 0.2) is 0 Å². The Morgan fingerprint density at radius 1 is 0.840 bits per heavy atom. The molecule has 0 aromatic rings. The number of carbonyl (C=O) groups is 2. The average molecular weight is 373 g/mol. The summed E-state index contributed by atoms with van der Waals surface area (Å²) >= 11 is 3.99. The lowest BCUT2D eigenvalue weighted by atomic mass is 10.0. The van der Waals surface area contributed by atoms with Crippen molar-refractivity contribution in [3.63, 3.8) is 0 Å². The molecule has 0 aliphatic heterocycles. The summed E-state index contributed by atoms with van der Waals surface area (Å²) in [6.45, 7) is 2.25. The van der Waals surface area contributed by atoms with Crippen molar-refractivity contribution in [2.75, 3.05) is 5.75 Å². The van der Waals surface area contributed by atoms with E-state index in [-0.39, 0.29) is 5.91 Å². The van der Waals surface area contributed by atoms with E-state index in [0.29, 0.717) is 18.6 Å². The predicted molar refractivity (Wildman–Crippen MR) is 106 cm³/mol. The summed E-state index contributed by atoms with van der Waals surface area (Å²) in [6, 6.07) is -0.910. The fraction of sp³-hybridized carbons (Fsp3) is 0.900. The molecule has 0 saturated carbocycles. The van der Waals surface area contributed by atoms with Crippen LogP contribution in [0.4, 0.5) is 0 Å². The minimum Gasteiger partial charge on any atom is -0.548 e. The Morgan fingerprint density at radius 3 is 1.68 bits per heavy atom. The van der Waals surface area contributed by atoms with Crippen LogP contribution in [0.5, 0.6) is 0 Å². The number of carboxylic acids is 1. The highest BCUT2D eigenvalue weighted by Crippen LogP contribution is 2.13. The van der Waals surface area contributed by atoms with Crippen LogP contribution in [0.15, 0.2) is 0 Å². The number of carboxylic acid groups (broad SMARTS) is 1. The maximum atomic E-state index is 11.7. The van der Waals surface area contributed by atoms with Crippen LogP contribution in [0.3, 0.4) is 0 Å². The zero-order valence-electron chi connectivity index (χ0n) is 16.1. The third-order valence-electron chi connectivity index (χ3n) is 4.54. The highest BCUT2D eigenvalue weighted by molar-refractivity contribution is 7.80. The van der Waals surface area contributed by atoms with Crippen molar-refractivity contribution in [3.8, 4) is 0 Å². The molecule has 0 bridgehead atoms. The van der Waals surface area contributed by atoms with Gasteiger partial charge in [0, 0.05) is 6.42 Å². The molecule has 1 N–H and O–H groups in total. The summed E-state index contributed by atoms with van der Waals surface area (Å²) < 4.78 is 0. The van der Waals surface area contributed by atoms with E-state index in [9.17, 15) is 14.7 Å². The molecule has 0 aliphatic carbocycles. The van der Waals surface area contributed by atoms with E-state index >= 15 is 0 Å². The zero-order chi connectivity index (χ0) is 18.8. The first kappa shape index (κ1) is 24.3. The summed E-state index contributed by atoms with van der Waals surface area (Å²) in [5, 5.41) is 13.4. The number of carbonyl (C=O) groups excluding carboxylic acids is 2. The number of unbranched alkanes of at least 4 members (excludes halogenated alkanes) is 12. The monoisotopic (exact) mass is 372 g/mol. The Morgan fingerprint density at radius 2 is 1.28 bits per heavy atom. The third kappa shape index (κ3) is 16.5. The molecule has 1 amide bonds. The van der Waals surface area contributed by atoms with Gasteiger partial charge in [0.1, 0.15) is 0 Å². The van der Waals surface area contributed by atoms with Crippen molar-refractivity contribution in [3.05, 3.63) is 0 Å². The van der Waals surface area contributed by atoms with Gasteiger partial charge in [-0.2, -0.15) is 12.6 Å². The van der Waals surface area contributed by atoms with Crippen LogP contribution < -0.4 is 10.4 Å². The van der Waals surface area contributed by atoms with Gasteiger partial charge in [-0.3, -0.25) is 4.79 Å². The Balaban J connectivity index is 3.37. The first-order chi connectivity index (χ1) is 12.1. The number of amides is 1. The van der Waals surface area contributed by atoms with E-state index in [1.54, 1.807) is 0 Å². The Hall–Kier alpha value is -0.710. The second-order valence-corrected chi connectivity index (χ2v) is 7.39. The molecule has 4 nitrogen and oxygen atoms in total. The number of nitrogens with one attached hydrogen (secondary N) is 1. The summed E-state index contributed by atoms with van der Waals surface area (Å²) in [5.74, 6) is -1.01. The summed E-state index contributed by atoms with van der Waals surface area (Å²) in [7, 11) is 0. The molecule has 0 spiro atoms. The van der Waals surface area contributed by atoms with Crippen molar-refractivity contribution in [1.82, 2.24) is 5.32 Å². The average Bonchev–Trinajstić information content (AvgIpc) is 2.58. The standard InChI is InChI=1S/C20H39NO3S/c1-2-3-4-5-6-7-8-9-10-11-12-13-14-15-19(22)21-18(16-17-25)20(23)24/h18,25H,2-17H2,1H3,(H,21,22)(H,23,24)/p-1. The zero-order valence-corrected chi connectivity index (χ0v) is 17.0. The van der Waals surface area contributed by atoms with Gasteiger partial charge >= 0.3 is 0 Å². The smallest absolute Gasteiger partial charge is 0.220 e. The molecule has 148 valence electrons. The molecule has 0 fully saturated rings.